The van der Waals surface area contributed by atoms with Crippen LogP contribution in [0.3, 0.4) is 0 Å². The van der Waals surface area contributed by atoms with Crippen molar-refractivity contribution in [2.75, 3.05) is 44.7 Å². The molecule has 0 unspecified atom stereocenters. The van der Waals surface area contributed by atoms with Crippen LogP contribution in [0.1, 0.15) is 30.1 Å². The molecule has 1 saturated heterocycles. The van der Waals surface area contributed by atoms with E-state index < -0.39 is 10.0 Å². The van der Waals surface area contributed by atoms with Crippen molar-refractivity contribution in [3.05, 3.63) is 48.0 Å². The maximum absolute atomic E-state index is 13.0. The van der Waals surface area contributed by atoms with Crippen molar-refractivity contribution in [2.24, 2.45) is 0 Å². The number of carbonyl (C=O) groups is 1. The molecule has 1 aliphatic heterocycles. The highest BCUT2D eigenvalue weighted by Gasteiger charge is 2.35. The van der Waals surface area contributed by atoms with Gasteiger partial charge in [0.1, 0.15) is 11.3 Å². The summed E-state index contributed by atoms with van der Waals surface area (Å²) < 4.78 is 33.6. The Morgan fingerprint density at radius 2 is 1.82 bits per heavy atom. The number of hydrogen-bond donors (Lipinski definition) is 0. The number of fused-ring (bicyclic) bond motifs is 1. The summed E-state index contributed by atoms with van der Waals surface area (Å²) in [6.07, 6.45) is 1.81. The fourth-order valence-electron chi connectivity index (χ4n) is 4.17. The Bertz CT molecular complexity index is 1290. The Balaban J connectivity index is 1.24. The van der Waals surface area contributed by atoms with Gasteiger partial charge in [0.15, 0.2) is 5.13 Å². The lowest BCUT2D eigenvalue weighted by Gasteiger charge is -2.34. The zero-order valence-electron chi connectivity index (χ0n) is 19.3. The van der Waals surface area contributed by atoms with E-state index in [0.717, 1.165) is 33.9 Å². The number of piperazine rings is 1. The Labute approximate surface area is 203 Å². The number of benzene rings is 2. The van der Waals surface area contributed by atoms with E-state index >= 15 is 0 Å². The molecule has 3 aromatic rings. The number of hydrogen-bond acceptors (Lipinski definition) is 7. The van der Waals surface area contributed by atoms with Crippen LogP contribution in [0.25, 0.3) is 10.2 Å². The first-order valence-electron chi connectivity index (χ1n) is 11.5. The Kier molecular flexibility index (Phi) is 6.22. The predicted molar refractivity (Wildman–Crippen MR) is 133 cm³/mol. The van der Waals surface area contributed by atoms with Gasteiger partial charge in [0, 0.05) is 44.8 Å². The van der Waals surface area contributed by atoms with E-state index in [1.165, 1.54) is 16.4 Å². The molecule has 34 heavy (non-hydrogen) atoms. The van der Waals surface area contributed by atoms with Crippen molar-refractivity contribution in [3.8, 4) is 5.75 Å². The predicted octanol–water partition coefficient (Wildman–Crippen LogP) is 3.44. The lowest BCUT2D eigenvalue weighted by Crippen LogP contribution is -2.48. The van der Waals surface area contributed by atoms with Crippen molar-refractivity contribution in [1.82, 2.24) is 14.2 Å². The van der Waals surface area contributed by atoms with Gasteiger partial charge < -0.3 is 14.5 Å². The number of rotatable bonds is 7. The highest BCUT2D eigenvalue weighted by Crippen LogP contribution is 2.35. The molecule has 8 nitrogen and oxygen atoms in total. The molecular weight excluding hydrogens is 472 g/mol. The summed E-state index contributed by atoms with van der Waals surface area (Å²) in [5.74, 6) is 0.715. The molecule has 2 heterocycles. The van der Waals surface area contributed by atoms with Gasteiger partial charge in [-0.25, -0.2) is 13.4 Å². The number of amides is 1. The first-order valence-corrected chi connectivity index (χ1v) is 13.8. The van der Waals surface area contributed by atoms with Crippen molar-refractivity contribution in [3.63, 3.8) is 0 Å². The van der Waals surface area contributed by atoms with E-state index in [0.29, 0.717) is 38.3 Å². The number of thiazole rings is 1. The van der Waals surface area contributed by atoms with Gasteiger partial charge in [-0.15, -0.1) is 0 Å². The molecule has 0 bridgehead atoms. The summed E-state index contributed by atoms with van der Waals surface area (Å²) in [5.41, 5.74) is 1.38. The quantitative estimate of drug-likeness (QED) is 0.494. The molecule has 2 fully saturated rings. The lowest BCUT2D eigenvalue weighted by atomic mass is 10.2. The van der Waals surface area contributed by atoms with Crippen molar-refractivity contribution in [2.45, 2.75) is 30.7 Å². The van der Waals surface area contributed by atoms with Gasteiger partial charge in [-0.2, -0.15) is 4.31 Å². The van der Waals surface area contributed by atoms with E-state index in [1.54, 1.807) is 30.5 Å². The molecule has 1 aliphatic carbocycles. The van der Waals surface area contributed by atoms with E-state index in [1.807, 2.05) is 30.0 Å². The highest BCUT2D eigenvalue weighted by molar-refractivity contribution is 7.89. The molecule has 0 atom stereocenters. The van der Waals surface area contributed by atoms with Gasteiger partial charge in [-0.1, -0.05) is 17.4 Å². The molecule has 180 valence electrons. The second kappa shape index (κ2) is 9.16. The molecule has 1 amide bonds. The molecule has 5 rings (SSSR count). The zero-order chi connectivity index (χ0) is 23.9. The minimum atomic E-state index is -3.51. The Morgan fingerprint density at radius 1 is 1.12 bits per heavy atom. The Morgan fingerprint density at radius 3 is 2.47 bits per heavy atom. The smallest absolute Gasteiger partial charge is 0.253 e. The van der Waals surface area contributed by atoms with Crippen LogP contribution in [-0.4, -0.2) is 74.4 Å². The largest absolute Gasteiger partial charge is 0.492 e. The maximum Gasteiger partial charge on any atom is 0.253 e. The van der Waals surface area contributed by atoms with Crippen LogP contribution in [0.5, 0.6) is 5.75 Å². The van der Waals surface area contributed by atoms with E-state index in [2.05, 4.69) is 4.90 Å². The molecule has 1 saturated carbocycles. The third-order valence-electron chi connectivity index (χ3n) is 6.35. The molecule has 0 radical (unpaired) electrons. The summed E-state index contributed by atoms with van der Waals surface area (Å²) in [4.78, 5) is 22.1. The normalized spacial score (nSPS) is 16.9. The monoisotopic (exact) mass is 500 g/mol. The first kappa shape index (κ1) is 23.1. The summed E-state index contributed by atoms with van der Waals surface area (Å²) >= 11 is 1.63. The molecule has 2 aromatic carbocycles. The van der Waals surface area contributed by atoms with Crippen LogP contribution in [0.2, 0.25) is 0 Å². The number of nitrogens with zero attached hydrogens (tertiary/aromatic N) is 4. The van der Waals surface area contributed by atoms with E-state index in [9.17, 15) is 13.2 Å². The number of sulfonamides is 1. The van der Waals surface area contributed by atoms with Crippen molar-refractivity contribution < 1.29 is 17.9 Å². The van der Waals surface area contributed by atoms with Crippen LogP contribution in [-0.2, 0) is 10.0 Å². The summed E-state index contributed by atoms with van der Waals surface area (Å²) in [6.45, 7) is 5.09. The van der Waals surface area contributed by atoms with Crippen LogP contribution >= 0.6 is 11.3 Å². The fraction of sp³-hybridized carbons (Fsp3) is 0.417. The minimum absolute atomic E-state index is 0.0814. The lowest BCUT2D eigenvalue weighted by molar-refractivity contribution is 0.0746. The van der Waals surface area contributed by atoms with Gasteiger partial charge in [-0.05, 0) is 56.2 Å². The van der Waals surface area contributed by atoms with E-state index in [-0.39, 0.29) is 16.8 Å². The molecular formula is C24H28N4O4S2. The fourth-order valence-corrected chi connectivity index (χ4v) is 6.62. The van der Waals surface area contributed by atoms with Gasteiger partial charge in [0.25, 0.3) is 5.91 Å². The Hall–Kier alpha value is -2.69. The third kappa shape index (κ3) is 4.37. The van der Waals surface area contributed by atoms with Gasteiger partial charge >= 0.3 is 0 Å². The van der Waals surface area contributed by atoms with Gasteiger partial charge in [0.05, 0.1) is 16.2 Å². The molecule has 1 aromatic heterocycles. The zero-order valence-corrected chi connectivity index (χ0v) is 20.9. The second-order valence-corrected chi connectivity index (χ2v) is 11.6. The molecule has 10 heteroatoms. The number of carbonyl (C=O) groups excluding carboxylic acids is 1. The maximum atomic E-state index is 13.0. The van der Waals surface area contributed by atoms with Gasteiger partial charge in [-0.3, -0.25) is 4.79 Å². The molecule has 0 spiro atoms. The third-order valence-corrected chi connectivity index (χ3v) is 9.35. The average molecular weight is 501 g/mol. The standard InChI is InChI=1S/C24H28N4O4S2/c1-3-32-20-5-4-6-21-22(20)25-24(33-21)28-15-13-27(14-16-28)23(29)17-7-11-19(12-8-17)34(30,31)26(2)18-9-10-18/h4-8,11-12,18H,3,9-10,13-16H2,1-2H3. The topological polar surface area (TPSA) is 83.0 Å². The number of para-hydroxylation sites is 1. The first-order chi connectivity index (χ1) is 16.4. The number of ether oxygens (including phenoxy) is 1. The SMILES string of the molecule is CCOc1cccc2sc(N3CCN(C(=O)c4ccc(S(=O)(=O)N(C)C5CC5)cc4)CC3)nc12. The highest BCUT2D eigenvalue weighted by atomic mass is 32.2. The summed E-state index contributed by atoms with van der Waals surface area (Å²) in [5, 5.41) is 0.934. The van der Waals surface area contributed by atoms with E-state index in [4.69, 9.17) is 9.72 Å². The number of aromatic nitrogens is 1. The van der Waals surface area contributed by atoms with Gasteiger partial charge in [0.2, 0.25) is 10.0 Å². The van der Waals surface area contributed by atoms with Crippen molar-refractivity contribution in [1.29, 1.82) is 0 Å². The van der Waals surface area contributed by atoms with Crippen LogP contribution < -0.4 is 9.64 Å². The van der Waals surface area contributed by atoms with Crippen molar-refractivity contribution >= 4 is 42.6 Å². The second-order valence-electron chi connectivity index (χ2n) is 8.59. The molecule has 0 N–H and O–H groups in total. The summed E-state index contributed by atoms with van der Waals surface area (Å²) in [7, 11) is -1.89. The minimum Gasteiger partial charge on any atom is -0.492 e. The van der Waals surface area contributed by atoms with Crippen LogP contribution in [0, 0.1) is 0 Å². The molecule has 2 aliphatic rings. The van der Waals surface area contributed by atoms with Crippen LogP contribution in [0.15, 0.2) is 47.4 Å². The summed E-state index contributed by atoms with van der Waals surface area (Å²) in [6, 6.07) is 12.4. The van der Waals surface area contributed by atoms with Crippen LogP contribution in [0.4, 0.5) is 5.13 Å². The average Bonchev–Trinajstić information content (AvgIpc) is 3.61. The number of anilines is 1.